The molecule has 0 spiro atoms. The molecule has 1 amide bonds. The summed E-state index contributed by atoms with van der Waals surface area (Å²) in [6.07, 6.45) is 0.461. The Hall–Kier alpha value is -1.76. The Kier molecular flexibility index (Phi) is 8.41. The largest absolute Gasteiger partial charge is 0.369 e. The molecule has 0 bridgehead atoms. The van der Waals surface area contributed by atoms with E-state index in [-0.39, 0.29) is 11.7 Å². The number of benzene rings is 1. The summed E-state index contributed by atoms with van der Waals surface area (Å²) >= 11 is 2.01. The molecule has 1 fully saturated rings. The van der Waals surface area contributed by atoms with Gasteiger partial charge in [-0.05, 0) is 37.0 Å². The Morgan fingerprint density at radius 2 is 2.11 bits per heavy atom. The summed E-state index contributed by atoms with van der Waals surface area (Å²) in [5.74, 6) is 1.44. The van der Waals surface area contributed by atoms with E-state index in [1.54, 1.807) is 12.1 Å². The lowest BCUT2D eigenvalue weighted by atomic mass is 9.99. The third kappa shape index (κ3) is 6.72. The lowest BCUT2D eigenvalue weighted by molar-refractivity contribution is -0.121. The predicted molar refractivity (Wildman–Crippen MR) is 111 cm³/mol. The van der Waals surface area contributed by atoms with E-state index in [2.05, 4.69) is 24.1 Å². The van der Waals surface area contributed by atoms with E-state index in [9.17, 15) is 9.18 Å². The van der Waals surface area contributed by atoms with Gasteiger partial charge < -0.3 is 16.0 Å². The first-order valence-electron chi connectivity index (χ1n) is 9.59. The van der Waals surface area contributed by atoms with E-state index in [1.807, 2.05) is 18.7 Å². The number of thioether (sulfide) groups is 1. The van der Waals surface area contributed by atoms with E-state index in [0.29, 0.717) is 24.1 Å². The summed E-state index contributed by atoms with van der Waals surface area (Å²) in [6.45, 7) is 9.53. The van der Waals surface area contributed by atoms with Gasteiger partial charge in [0, 0.05) is 30.6 Å². The highest BCUT2D eigenvalue weighted by Gasteiger charge is 2.25. The maximum absolute atomic E-state index is 13.1. The Bertz CT molecular complexity index is 635. The molecule has 2 atom stereocenters. The number of hydrogen-bond acceptors (Lipinski definition) is 3. The number of aliphatic imine (C=N–C) groups is 1. The quantitative estimate of drug-likeness (QED) is 0.551. The average molecular weight is 395 g/mol. The molecule has 2 rings (SSSR count). The van der Waals surface area contributed by atoms with Crippen molar-refractivity contribution in [2.75, 3.05) is 31.9 Å². The Balaban J connectivity index is 2.07. The zero-order valence-electron chi connectivity index (χ0n) is 16.5. The van der Waals surface area contributed by atoms with Crippen LogP contribution in [0, 0.1) is 17.7 Å². The third-order valence-electron chi connectivity index (χ3n) is 4.73. The minimum absolute atomic E-state index is 0.287. The van der Waals surface area contributed by atoms with Crippen LogP contribution in [-0.4, -0.2) is 53.9 Å². The molecule has 3 N–H and O–H groups in total. The van der Waals surface area contributed by atoms with Crippen molar-refractivity contribution in [3.05, 3.63) is 35.6 Å². The monoisotopic (exact) mass is 394 g/mol. The highest BCUT2D eigenvalue weighted by atomic mass is 32.2. The molecule has 1 aliphatic heterocycles. The highest BCUT2D eigenvalue weighted by Crippen LogP contribution is 2.25. The van der Waals surface area contributed by atoms with Crippen LogP contribution in [0.3, 0.4) is 0 Å². The Morgan fingerprint density at radius 1 is 1.41 bits per heavy atom. The third-order valence-corrected chi connectivity index (χ3v) is 6.27. The summed E-state index contributed by atoms with van der Waals surface area (Å²) in [5, 5.41) is 3.92. The minimum atomic E-state index is -0.413. The molecule has 5 nitrogen and oxygen atoms in total. The van der Waals surface area contributed by atoms with E-state index >= 15 is 0 Å². The van der Waals surface area contributed by atoms with Gasteiger partial charge in [0.1, 0.15) is 5.82 Å². The molecule has 7 heteroatoms. The van der Waals surface area contributed by atoms with Crippen molar-refractivity contribution in [2.45, 2.75) is 32.4 Å². The summed E-state index contributed by atoms with van der Waals surface area (Å²) in [5.41, 5.74) is 6.48. The topological polar surface area (TPSA) is 70.7 Å². The molecular formula is C20H31FN4OS. The second kappa shape index (κ2) is 10.5. The number of carbonyl (C=O) groups excluding carboxylic acids is 1. The summed E-state index contributed by atoms with van der Waals surface area (Å²) < 4.78 is 13.1. The van der Waals surface area contributed by atoms with Gasteiger partial charge in [-0.15, -0.1) is 0 Å². The molecular weight excluding hydrogens is 363 g/mol. The lowest BCUT2D eigenvalue weighted by Crippen LogP contribution is -2.49. The normalized spacial score (nSPS) is 19.2. The van der Waals surface area contributed by atoms with Gasteiger partial charge in [0.15, 0.2) is 5.96 Å². The number of carbonyl (C=O) groups is 1. The van der Waals surface area contributed by atoms with Crippen LogP contribution in [0.5, 0.6) is 0 Å². The van der Waals surface area contributed by atoms with Crippen molar-refractivity contribution >= 4 is 23.6 Å². The van der Waals surface area contributed by atoms with Crippen molar-refractivity contribution in [3.63, 3.8) is 0 Å². The molecule has 1 aromatic rings. The molecule has 0 saturated carbocycles. The maximum Gasteiger partial charge on any atom is 0.222 e. The first-order chi connectivity index (χ1) is 12.9. The van der Waals surface area contributed by atoms with Crippen molar-refractivity contribution in [2.24, 2.45) is 22.6 Å². The fraction of sp³-hybridized carbons (Fsp3) is 0.600. The van der Waals surface area contributed by atoms with E-state index in [0.717, 1.165) is 36.9 Å². The van der Waals surface area contributed by atoms with Gasteiger partial charge in [0.25, 0.3) is 0 Å². The van der Waals surface area contributed by atoms with Crippen LogP contribution < -0.4 is 11.1 Å². The molecule has 1 aromatic carbocycles. The number of halogens is 1. The SMILES string of the molecule is CCNC(=NCC(Cc1ccc(F)cc1)C(N)=O)N1CCSC(C(C)C)C1. The Morgan fingerprint density at radius 3 is 2.70 bits per heavy atom. The van der Waals surface area contributed by atoms with Crippen LogP contribution in [-0.2, 0) is 11.2 Å². The molecule has 0 aromatic heterocycles. The lowest BCUT2D eigenvalue weighted by Gasteiger charge is -2.36. The maximum atomic E-state index is 13.1. The van der Waals surface area contributed by atoms with Crippen molar-refractivity contribution < 1.29 is 9.18 Å². The predicted octanol–water partition coefficient (Wildman–Crippen LogP) is 2.51. The summed E-state index contributed by atoms with van der Waals surface area (Å²) in [4.78, 5) is 18.9. The minimum Gasteiger partial charge on any atom is -0.369 e. The summed E-state index contributed by atoms with van der Waals surface area (Å²) in [7, 11) is 0. The number of guanidine groups is 1. The van der Waals surface area contributed by atoms with Gasteiger partial charge in [-0.25, -0.2) is 4.39 Å². The number of hydrogen-bond donors (Lipinski definition) is 2. The van der Waals surface area contributed by atoms with Crippen molar-refractivity contribution in [1.29, 1.82) is 0 Å². The average Bonchev–Trinajstić information content (AvgIpc) is 2.65. The first kappa shape index (κ1) is 21.5. The van der Waals surface area contributed by atoms with E-state index < -0.39 is 5.92 Å². The molecule has 1 heterocycles. The second-order valence-corrected chi connectivity index (χ2v) is 8.57. The van der Waals surface area contributed by atoms with Crippen LogP contribution in [0.15, 0.2) is 29.3 Å². The van der Waals surface area contributed by atoms with Gasteiger partial charge in [-0.3, -0.25) is 9.79 Å². The number of nitrogens with two attached hydrogens (primary N) is 1. The van der Waals surface area contributed by atoms with Gasteiger partial charge in [-0.2, -0.15) is 11.8 Å². The van der Waals surface area contributed by atoms with E-state index in [4.69, 9.17) is 10.7 Å². The number of amides is 1. The second-order valence-electron chi connectivity index (χ2n) is 7.22. The Labute approximate surface area is 166 Å². The summed E-state index contributed by atoms with van der Waals surface area (Å²) in [6, 6.07) is 6.18. The van der Waals surface area contributed by atoms with Gasteiger partial charge in [0.2, 0.25) is 5.91 Å². The van der Waals surface area contributed by atoms with Crippen molar-refractivity contribution in [3.8, 4) is 0 Å². The number of nitrogens with one attached hydrogen (secondary N) is 1. The molecule has 150 valence electrons. The fourth-order valence-electron chi connectivity index (χ4n) is 3.05. The molecule has 1 aliphatic rings. The number of nitrogens with zero attached hydrogens (tertiary/aromatic N) is 2. The van der Waals surface area contributed by atoms with Crippen LogP contribution >= 0.6 is 11.8 Å². The molecule has 27 heavy (non-hydrogen) atoms. The van der Waals surface area contributed by atoms with Crippen LogP contribution in [0.25, 0.3) is 0 Å². The smallest absolute Gasteiger partial charge is 0.222 e. The highest BCUT2D eigenvalue weighted by molar-refractivity contribution is 8.00. The number of rotatable bonds is 7. The van der Waals surface area contributed by atoms with Crippen molar-refractivity contribution in [1.82, 2.24) is 10.2 Å². The molecule has 0 radical (unpaired) electrons. The van der Waals surface area contributed by atoms with Gasteiger partial charge in [-0.1, -0.05) is 26.0 Å². The van der Waals surface area contributed by atoms with Crippen LogP contribution in [0.4, 0.5) is 4.39 Å². The van der Waals surface area contributed by atoms with Crippen LogP contribution in [0.2, 0.25) is 0 Å². The standard InChI is InChI=1S/C20H31FN4OS/c1-4-23-20(25-9-10-27-18(13-25)14(2)3)24-12-16(19(22)26)11-15-5-7-17(21)8-6-15/h5-8,14,16,18H,4,9-13H2,1-3H3,(H2,22,26)(H,23,24). The fourth-order valence-corrected chi connectivity index (χ4v) is 4.35. The molecule has 2 unspecified atom stereocenters. The van der Waals surface area contributed by atoms with Gasteiger partial charge >= 0.3 is 0 Å². The number of primary amides is 1. The molecule has 0 aliphatic carbocycles. The van der Waals surface area contributed by atoms with Gasteiger partial charge in [0.05, 0.1) is 12.5 Å². The zero-order valence-corrected chi connectivity index (χ0v) is 17.3. The molecule has 1 saturated heterocycles. The van der Waals surface area contributed by atoms with E-state index in [1.165, 1.54) is 12.1 Å². The van der Waals surface area contributed by atoms with Crippen LogP contribution in [0.1, 0.15) is 26.3 Å². The zero-order chi connectivity index (χ0) is 19.8. The first-order valence-corrected chi connectivity index (χ1v) is 10.6.